The second kappa shape index (κ2) is 12.0. The molecule has 237 valence electrons. The number of aromatic nitrogens is 2. The summed E-state index contributed by atoms with van der Waals surface area (Å²) in [6.07, 6.45) is 3.28. The van der Waals surface area contributed by atoms with Crippen molar-refractivity contribution in [1.29, 1.82) is 0 Å². The zero-order chi connectivity index (χ0) is 32.3. The van der Waals surface area contributed by atoms with Crippen LogP contribution in [0.5, 0.6) is 0 Å². The molecule has 0 aliphatic heterocycles. The van der Waals surface area contributed by atoms with Gasteiger partial charge in [0.25, 0.3) is 0 Å². The van der Waals surface area contributed by atoms with Crippen molar-refractivity contribution < 1.29 is 30.0 Å². The molecule has 5 heteroatoms. The number of nitrogens with zero attached hydrogens (tertiary/aromatic N) is 2. The molecule has 0 saturated carbocycles. The first-order chi connectivity index (χ1) is 21.2. The van der Waals surface area contributed by atoms with Gasteiger partial charge < -0.3 is 14.7 Å². The van der Waals surface area contributed by atoms with Gasteiger partial charge in [-0.15, -0.1) is 23.3 Å². The molecule has 1 N–H and O–H groups in total. The van der Waals surface area contributed by atoms with Gasteiger partial charge in [0.15, 0.2) is 5.78 Å². The van der Waals surface area contributed by atoms with Crippen molar-refractivity contribution in [3.8, 4) is 16.9 Å². The van der Waals surface area contributed by atoms with Gasteiger partial charge in [-0.05, 0) is 46.3 Å². The Kier molecular flexibility index (Phi) is 8.66. The quantitative estimate of drug-likeness (QED) is 0.108. The average Bonchev–Trinajstić information content (AvgIpc) is 3.30. The van der Waals surface area contributed by atoms with Crippen LogP contribution in [0.25, 0.3) is 49.5 Å². The van der Waals surface area contributed by atoms with Crippen LogP contribution in [0.15, 0.2) is 103 Å². The summed E-state index contributed by atoms with van der Waals surface area (Å²) >= 11 is 0. The van der Waals surface area contributed by atoms with E-state index in [1.807, 2.05) is 47.7 Å². The number of hydrogen-bond donors (Lipinski definition) is 1. The van der Waals surface area contributed by atoms with Crippen LogP contribution in [0, 0.1) is 16.9 Å². The van der Waals surface area contributed by atoms with Crippen LogP contribution in [0.1, 0.15) is 66.5 Å². The van der Waals surface area contributed by atoms with Crippen molar-refractivity contribution in [3.05, 3.63) is 120 Å². The predicted molar refractivity (Wildman–Crippen MR) is 187 cm³/mol. The molecular weight excluding hydrogens is 745 g/mol. The molecule has 0 atom stereocenters. The number of benzene rings is 4. The van der Waals surface area contributed by atoms with E-state index in [1.165, 1.54) is 55.5 Å². The van der Waals surface area contributed by atoms with E-state index in [2.05, 4.69) is 109 Å². The molecule has 0 saturated heterocycles. The van der Waals surface area contributed by atoms with Crippen LogP contribution in [0.2, 0.25) is 0 Å². The number of para-hydroxylation sites is 1. The second-order valence-corrected chi connectivity index (χ2v) is 14.6. The van der Waals surface area contributed by atoms with Crippen LogP contribution in [0.4, 0.5) is 0 Å². The Hall–Kier alpha value is -4.05. The summed E-state index contributed by atoms with van der Waals surface area (Å²) < 4.78 is 2.38. The van der Waals surface area contributed by atoms with E-state index >= 15 is 0 Å². The van der Waals surface area contributed by atoms with E-state index in [4.69, 9.17) is 4.98 Å². The van der Waals surface area contributed by atoms with Gasteiger partial charge >= 0.3 is 0 Å². The zero-order valence-electron chi connectivity index (χ0n) is 27.8. The first-order valence-electron chi connectivity index (χ1n) is 15.6. The number of aliphatic hydroxyl groups is 1. The number of carbonyl (C=O) groups excluding carboxylic acids is 1. The number of allylic oxidation sites excluding steroid dienone is 2. The minimum absolute atomic E-state index is 0. The zero-order valence-corrected chi connectivity index (χ0v) is 30.2. The number of fused-ring (bicyclic) bond motifs is 4. The first-order valence-corrected chi connectivity index (χ1v) is 15.6. The molecule has 0 spiro atoms. The molecule has 46 heavy (non-hydrogen) atoms. The maximum absolute atomic E-state index is 11.5. The number of hydrogen-bond acceptors (Lipinski definition) is 3. The summed E-state index contributed by atoms with van der Waals surface area (Å²) in [6.45, 7) is 15.8. The maximum Gasteiger partial charge on any atom is 0.164 e. The average molecular weight is 786 g/mol. The molecular formula is C41H41IrN2O2-. The van der Waals surface area contributed by atoms with E-state index in [0.717, 1.165) is 11.3 Å². The number of rotatable bonds is 2. The third-order valence-electron chi connectivity index (χ3n) is 8.88. The molecule has 1 aliphatic carbocycles. The summed E-state index contributed by atoms with van der Waals surface area (Å²) in [6, 6.07) is 33.9. The molecule has 4 nitrogen and oxygen atoms in total. The van der Waals surface area contributed by atoms with Crippen molar-refractivity contribution in [2.45, 2.75) is 60.8 Å². The molecule has 0 fully saturated rings. The van der Waals surface area contributed by atoms with Gasteiger partial charge in [-0.2, -0.15) is 0 Å². The Balaban J connectivity index is 0.000000256. The fraction of sp³-hybridized carbons (Fsp3) is 0.268. The number of ketones is 1. The van der Waals surface area contributed by atoms with Gasteiger partial charge in [-0.3, -0.25) is 4.79 Å². The maximum atomic E-state index is 11.5. The van der Waals surface area contributed by atoms with Gasteiger partial charge in [-0.1, -0.05) is 121 Å². The third kappa shape index (κ3) is 5.61. The van der Waals surface area contributed by atoms with Crippen LogP contribution in [-0.2, 0) is 30.3 Å². The van der Waals surface area contributed by atoms with E-state index in [0.29, 0.717) is 0 Å². The predicted octanol–water partition coefficient (Wildman–Crippen LogP) is 10.5. The summed E-state index contributed by atoms with van der Waals surface area (Å²) in [5, 5.41) is 14.6. The topological polar surface area (TPSA) is 55.1 Å². The fourth-order valence-electron chi connectivity index (χ4n) is 6.30. The smallest absolute Gasteiger partial charge is 0.164 e. The molecule has 0 unspecified atom stereocenters. The first kappa shape index (κ1) is 33.3. The van der Waals surface area contributed by atoms with E-state index in [9.17, 15) is 9.90 Å². The Morgan fingerprint density at radius 1 is 0.826 bits per heavy atom. The van der Waals surface area contributed by atoms with E-state index in [-0.39, 0.29) is 42.5 Å². The molecule has 0 amide bonds. The second-order valence-electron chi connectivity index (χ2n) is 14.6. The van der Waals surface area contributed by atoms with E-state index in [1.54, 1.807) is 0 Å². The number of aliphatic hydroxyl groups excluding tert-OH is 1. The molecule has 0 bridgehead atoms. The SMILES string of the molecule is CC(C)(C)C(=O)/C=C(\O)C(C)(C)C.CC1(C)c2c([c-]cc3ccccc23)-c2nccc3c2c2c1cccc2n3-c1ccccc1.[Ir]. The van der Waals surface area contributed by atoms with Crippen LogP contribution in [0.3, 0.4) is 0 Å². The van der Waals surface area contributed by atoms with Crippen molar-refractivity contribution in [2.75, 3.05) is 0 Å². The Morgan fingerprint density at radius 3 is 2.15 bits per heavy atom. The monoisotopic (exact) mass is 786 g/mol. The van der Waals surface area contributed by atoms with Crippen molar-refractivity contribution in [1.82, 2.24) is 9.55 Å². The summed E-state index contributed by atoms with van der Waals surface area (Å²) in [5.74, 6) is 0.104. The Bertz CT molecular complexity index is 2120. The van der Waals surface area contributed by atoms with Gasteiger partial charge in [0.2, 0.25) is 0 Å². The molecule has 4 aromatic carbocycles. The van der Waals surface area contributed by atoms with Crippen molar-refractivity contribution in [2.24, 2.45) is 10.8 Å². The molecule has 6 aromatic rings. The standard InChI is InChI=1S/C30H21N2.C11H20O2.Ir/c1-30(2)23-13-8-14-24-26(23)27-25(32(24)20-10-4-3-5-11-20)17-18-31-29(27)22-16-15-19-9-6-7-12-21(19)28(22)30;1-10(2,3)8(12)7-9(13)11(4,5)6;/h3-15,17-18H,1-2H3;7,12H,1-6H3;/q-1;;/b;8-7-;. The summed E-state index contributed by atoms with van der Waals surface area (Å²) in [7, 11) is 0. The fourth-order valence-corrected chi connectivity index (χ4v) is 6.30. The normalized spacial score (nSPS) is 14.0. The largest absolute Gasteiger partial charge is 0.512 e. The number of pyridine rings is 1. The number of carbonyl (C=O) groups is 1. The van der Waals surface area contributed by atoms with Gasteiger partial charge in [-0.25, -0.2) is 0 Å². The Labute approximate surface area is 285 Å². The molecule has 1 aliphatic rings. The van der Waals surface area contributed by atoms with Crippen molar-refractivity contribution in [3.63, 3.8) is 0 Å². The molecule has 7 rings (SSSR count). The van der Waals surface area contributed by atoms with Gasteiger partial charge in [0, 0.05) is 59.8 Å². The van der Waals surface area contributed by atoms with Crippen LogP contribution in [-0.4, -0.2) is 20.4 Å². The molecule has 2 heterocycles. The van der Waals surface area contributed by atoms with Crippen LogP contribution >= 0.6 is 0 Å². The summed E-state index contributed by atoms with van der Waals surface area (Å²) in [4.78, 5) is 16.4. The summed E-state index contributed by atoms with van der Waals surface area (Å²) in [5.41, 5.74) is 7.41. The Morgan fingerprint density at radius 2 is 1.48 bits per heavy atom. The van der Waals surface area contributed by atoms with Gasteiger partial charge in [0.05, 0.1) is 5.52 Å². The minimum Gasteiger partial charge on any atom is -0.512 e. The molecule has 2 aromatic heterocycles. The molecule has 1 radical (unpaired) electrons. The minimum atomic E-state index is -0.417. The van der Waals surface area contributed by atoms with Crippen LogP contribution < -0.4 is 0 Å². The third-order valence-corrected chi connectivity index (χ3v) is 8.88. The van der Waals surface area contributed by atoms with Crippen molar-refractivity contribution >= 4 is 38.4 Å². The van der Waals surface area contributed by atoms with E-state index < -0.39 is 5.41 Å². The van der Waals surface area contributed by atoms with Gasteiger partial charge in [0.1, 0.15) is 5.76 Å².